The van der Waals surface area contributed by atoms with Crippen molar-refractivity contribution in [1.82, 2.24) is 15.5 Å². The number of hydrogen-bond acceptors (Lipinski definition) is 7. The third kappa shape index (κ3) is 6.61. The molecule has 0 saturated heterocycles. The van der Waals surface area contributed by atoms with Crippen LogP contribution < -0.4 is 11.1 Å². The number of ether oxygens (including phenoxy) is 1. The van der Waals surface area contributed by atoms with Crippen molar-refractivity contribution in [3.05, 3.63) is 118 Å². The third-order valence-electron chi connectivity index (χ3n) is 7.16. The molecule has 0 saturated carbocycles. The highest BCUT2D eigenvalue weighted by atomic mass is 16.5. The van der Waals surface area contributed by atoms with Crippen molar-refractivity contribution in [2.24, 2.45) is 5.73 Å². The van der Waals surface area contributed by atoms with Gasteiger partial charge in [-0.25, -0.2) is 0 Å². The lowest BCUT2D eigenvalue weighted by atomic mass is 9.98. The van der Waals surface area contributed by atoms with E-state index in [0.29, 0.717) is 23.7 Å². The predicted molar refractivity (Wildman–Crippen MR) is 162 cm³/mol. The van der Waals surface area contributed by atoms with Crippen LogP contribution in [-0.2, 0) is 16.0 Å². The lowest BCUT2D eigenvalue weighted by molar-refractivity contribution is -0.121. The van der Waals surface area contributed by atoms with Crippen LogP contribution in [-0.4, -0.2) is 28.2 Å². The van der Waals surface area contributed by atoms with Crippen molar-refractivity contribution >= 4 is 16.9 Å². The molecule has 3 heterocycles. The summed E-state index contributed by atoms with van der Waals surface area (Å²) < 4.78 is 18.0. The Morgan fingerprint density at radius 3 is 2.48 bits per heavy atom. The van der Waals surface area contributed by atoms with Gasteiger partial charge in [-0.05, 0) is 82.0 Å². The molecule has 0 aliphatic carbocycles. The maximum Gasteiger partial charge on any atom is 0.225 e. The van der Waals surface area contributed by atoms with Crippen molar-refractivity contribution in [3.8, 4) is 0 Å². The minimum Gasteiger partial charge on any atom is -0.458 e. The molecule has 3 aromatic heterocycles. The van der Waals surface area contributed by atoms with Crippen molar-refractivity contribution in [2.45, 2.75) is 65.6 Å². The Morgan fingerprint density at radius 2 is 1.81 bits per heavy atom. The van der Waals surface area contributed by atoms with Crippen molar-refractivity contribution in [3.63, 3.8) is 0 Å². The minimum atomic E-state index is -0.534. The number of carbonyl (C=O) groups is 1. The molecule has 0 radical (unpaired) electrons. The molecule has 0 aliphatic heterocycles. The van der Waals surface area contributed by atoms with Gasteiger partial charge >= 0.3 is 0 Å². The fourth-order valence-corrected chi connectivity index (χ4v) is 5.20. The number of nitrogens with one attached hydrogen (secondary N) is 1. The first-order chi connectivity index (χ1) is 20.0. The van der Waals surface area contributed by atoms with Crippen LogP contribution in [0.3, 0.4) is 0 Å². The van der Waals surface area contributed by atoms with Gasteiger partial charge in [0.1, 0.15) is 23.2 Å². The number of fused-ring (bicyclic) bond motifs is 1. The summed E-state index contributed by atoms with van der Waals surface area (Å²) in [5, 5.41) is 8.20. The SMILES string of the molecule is Cc1cnc([C@@H](NC(=O)Cc2ccc3oc([C@@H](OCC(C)(C)N)c4c(C)noc4C)cc3c2)c2ccccc2)c(C)c1. The van der Waals surface area contributed by atoms with Gasteiger partial charge in [-0.3, -0.25) is 9.78 Å². The Labute approximate surface area is 246 Å². The van der Waals surface area contributed by atoms with Gasteiger partial charge in [0.25, 0.3) is 0 Å². The van der Waals surface area contributed by atoms with E-state index in [2.05, 4.69) is 21.5 Å². The number of amides is 1. The van der Waals surface area contributed by atoms with Crippen LogP contribution >= 0.6 is 0 Å². The standard InChI is InChI=1S/C34H38N4O4/c1-20-14-21(2)31(36-18-20)32(25-10-8-7-9-11-25)37-29(39)16-24-12-13-27-26(15-24)17-28(41-27)33(40-19-34(5,6)35)30-22(3)38-42-23(30)4/h7-15,17-18,32-33H,16,19,35H2,1-6H3,(H,37,39)/t32-,33+/m0/s1. The van der Waals surface area contributed by atoms with Gasteiger partial charge in [-0.1, -0.05) is 47.6 Å². The summed E-state index contributed by atoms with van der Waals surface area (Å²) in [5.41, 5.74) is 12.7. The smallest absolute Gasteiger partial charge is 0.225 e. The minimum absolute atomic E-state index is 0.101. The molecule has 0 bridgehead atoms. The van der Waals surface area contributed by atoms with Gasteiger partial charge in [0.2, 0.25) is 5.91 Å². The molecule has 8 nitrogen and oxygen atoms in total. The van der Waals surface area contributed by atoms with Crippen molar-refractivity contribution in [1.29, 1.82) is 0 Å². The lowest BCUT2D eigenvalue weighted by Crippen LogP contribution is -2.38. The molecule has 0 unspecified atom stereocenters. The molecule has 2 aromatic carbocycles. The second-order valence-corrected chi connectivity index (χ2v) is 11.7. The predicted octanol–water partition coefficient (Wildman–Crippen LogP) is 6.34. The van der Waals surface area contributed by atoms with E-state index in [-0.39, 0.29) is 18.4 Å². The topological polar surface area (TPSA) is 116 Å². The number of benzene rings is 2. The summed E-state index contributed by atoms with van der Waals surface area (Å²) >= 11 is 0. The van der Waals surface area contributed by atoms with Crippen LogP contribution in [0, 0.1) is 27.7 Å². The highest BCUT2D eigenvalue weighted by Crippen LogP contribution is 2.35. The van der Waals surface area contributed by atoms with Crippen LogP contribution in [0.1, 0.15) is 76.7 Å². The number of nitrogens with two attached hydrogens (primary N) is 1. The zero-order chi connectivity index (χ0) is 30.0. The normalized spacial score (nSPS) is 13.3. The van der Waals surface area contributed by atoms with E-state index in [1.54, 1.807) is 0 Å². The van der Waals surface area contributed by atoms with Crippen LogP contribution in [0.5, 0.6) is 0 Å². The zero-order valence-electron chi connectivity index (χ0n) is 25.0. The molecule has 2 atom stereocenters. The fourth-order valence-electron chi connectivity index (χ4n) is 5.20. The third-order valence-corrected chi connectivity index (χ3v) is 7.16. The molecular formula is C34H38N4O4. The largest absolute Gasteiger partial charge is 0.458 e. The molecule has 8 heteroatoms. The van der Waals surface area contributed by atoms with E-state index < -0.39 is 11.6 Å². The molecule has 3 N–H and O–H groups in total. The van der Waals surface area contributed by atoms with Gasteiger partial charge in [0, 0.05) is 17.1 Å². The number of aryl methyl sites for hydroxylation is 4. The Morgan fingerprint density at radius 1 is 1.05 bits per heavy atom. The molecule has 42 heavy (non-hydrogen) atoms. The lowest BCUT2D eigenvalue weighted by Gasteiger charge is -2.23. The molecule has 1 amide bonds. The maximum atomic E-state index is 13.4. The molecule has 0 spiro atoms. The summed E-state index contributed by atoms with van der Waals surface area (Å²) in [6, 6.07) is 19.4. The quantitative estimate of drug-likeness (QED) is 0.203. The van der Waals surface area contributed by atoms with E-state index in [9.17, 15) is 4.79 Å². The van der Waals surface area contributed by atoms with Crippen molar-refractivity contribution in [2.75, 3.05) is 6.61 Å². The number of rotatable bonds is 10. The molecule has 218 valence electrons. The number of carbonyl (C=O) groups excluding carboxylic acids is 1. The number of aromatic nitrogens is 2. The van der Waals surface area contributed by atoms with E-state index in [4.69, 9.17) is 19.4 Å². The first-order valence-corrected chi connectivity index (χ1v) is 14.1. The second kappa shape index (κ2) is 11.9. The first kappa shape index (κ1) is 29.2. The van der Waals surface area contributed by atoms with Crippen molar-refractivity contribution < 1.29 is 18.5 Å². The van der Waals surface area contributed by atoms with E-state index >= 15 is 0 Å². The fraction of sp³-hybridized carbons (Fsp3) is 0.324. The summed E-state index contributed by atoms with van der Waals surface area (Å²) in [7, 11) is 0. The zero-order valence-corrected chi connectivity index (χ0v) is 25.0. The second-order valence-electron chi connectivity index (χ2n) is 11.7. The Kier molecular flexibility index (Phi) is 8.29. The highest BCUT2D eigenvalue weighted by molar-refractivity contribution is 5.83. The number of pyridine rings is 1. The van der Waals surface area contributed by atoms with Crippen LogP contribution in [0.25, 0.3) is 11.0 Å². The average molecular weight is 567 g/mol. The van der Waals surface area contributed by atoms with Gasteiger partial charge in [0.15, 0.2) is 0 Å². The van der Waals surface area contributed by atoms with E-state index in [1.165, 1.54) is 0 Å². The van der Waals surface area contributed by atoms with E-state index in [1.807, 2.05) is 102 Å². The van der Waals surface area contributed by atoms with Gasteiger partial charge in [0.05, 0.1) is 36.0 Å². The van der Waals surface area contributed by atoms with Crippen LogP contribution in [0.2, 0.25) is 0 Å². The molecular weight excluding hydrogens is 528 g/mol. The summed E-state index contributed by atoms with van der Waals surface area (Å²) in [4.78, 5) is 18.1. The van der Waals surface area contributed by atoms with E-state index in [0.717, 1.165) is 44.6 Å². The Balaban J connectivity index is 1.40. The van der Waals surface area contributed by atoms with Gasteiger partial charge in [-0.2, -0.15) is 0 Å². The molecule has 0 aliphatic rings. The Hall–Kier alpha value is -4.27. The van der Waals surface area contributed by atoms with Gasteiger partial charge in [-0.15, -0.1) is 0 Å². The van der Waals surface area contributed by atoms with Crippen LogP contribution in [0.4, 0.5) is 0 Å². The summed E-state index contributed by atoms with van der Waals surface area (Å²) in [6.07, 6.45) is 1.51. The maximum absolute atomic E-state index is 13.4. The number of furan rings is 1. The van der Waals surface area contributed by atoms with Crippen LogP contribution in [0.15, 0.2) is 75.8 Å². The molecule has 5 aromatic rings. The average Bonchev–Trinajstić information content (AvgIpc) is 3.50. The highest BCUT2D eigenvalue weighted by Gasteiger charge is 2.28. The van der Waals surface area contributed by atoms with Gasteiger partial charge < -0.3 is 24.7 Å². The summed E-state index contributed by atoms with van der Waals surface area (Å²) in [6.45, 7) is 11.9. The summed E-state index contributed by atoms with van der Waals surface area (Å²) in [5.74, 6) is 1.18. The monoisotopic (exact) mass is 566 g/mol. The molecule has 0 fully saturated rings. The Bertz CT molecular complexity index is 1680. The molecule has 5 rings (SSSR count). The first-order valence-electron chi connectivity index (χ1n) is 14.1. The number of hydrogen-bond donors (Lipinski definition) is 2. The number of nitrogens with zero attached hydrogens (tertiary/aromatic N) is 2.